The van der Waals surface area contributed by atoms with Crippen molar-refractivity contribution < 1.29 is 4.79 Å². The van der Waals surface area contributed by atoms with E-state index in [9.17, 15) is 4.79 Å². The van der Waals surface area contributed by atoms with Gasteiger partial charge in [-0.1, -0.05) is 6.92 Å². The second-order valence-corrected chi connectivity index (χ2v) is 4.30. The van der Waals surface area contributed by atoms with E-state index in [1.807, 2.05) is 6.92 Å². The topological polar surface area (TPSA) is 58.4 Å². The molecule has 1 rings (SSSR count). The summed E-state index contributed by atoms with van der Waals surface area (Å²) in [6, 6.07) is 0. The number of carbonyl (C=O) groups is 1. The molecule has 1 amide bonds. The van der Waals surface area contributed by atoms with Gasteiger partial charge in [-0.15, -0.1) is 0 Å². The molecule has 1 atom stereocenters. The normalized spacial score (nSPS) is 28.1. The molecule has 0 aromatic carbocycles. The monoisotopic (exact) mass is 199 g/mol. The van der Waals surface area contributed by atoms with Gasteiger partial charge in [0.1, 0.15) is 0 Å². The van der Waals surface area contributed by atoms with Crippen molar-refractivity contribution in [3.05, 3.63) is 0 Å². The summed E-state index contributed by atoms with van der Waals surface area (Å²) in [5.41, 5.74) is 5.07. The van der Waals surface area contributed by atoms with Crippen LogP contribution in [0.25, 0.3) is 0 Å². The van der Waals surface area contributed by atoms with Crippen molar-refractivity contribution in [2.45, 2.75) is 20.3 Å². The van der Waals surface area contributed by atoms with Crippen LogP contribution in [0.4, 0.5) is 0 Å². The Labute approximate surface area is 85.8 Å². The van der Waals surface area contributed by atoms with E-state index in [0.717, 1.165) is 39.1 Å². The van der Waals surface area contributed by atoms with E-state index in [1.54, 1.807) is 0 Å². The third kappa shape index (κ3) is 2.69. The van der Waals surface area contributed by atoms with Gasteiger partial charge in [-0.05, 0) is 26.4 Å². The first-order valence-electron chi connectivity index (χ1n) is 5.31. The van der Waals surface area contributed by atoms with Crippen LogP contribution in [0.15, 0.2) is 0 Å². The number of hydrogen-bond donors (Lipinski definition) is 2. The minimum absolute atomic E-state index is 0.163. The number of likely N-dealkylation sites (tertiary alicyclic amines) is 1. The molecule has 1 heterocycles. The largest absolute Gasteiger partial charge is 0.369 e. The number of nitrogens with one attached hydrogen (secondary N) is 1. The predicted octanol–water partition coefficient (Wildman–Crippen LogP) is -0.207. The summed E-state index contributed by atoms with van der Waals surface area (Å²) in [5, 5.41) is 3.27. The fraction of sp³-hybridized carbons (Fsp3) is 0.900. The first kappa shape index (κ1) is 11.5. The summed E-state index contributed by atoms with van der Waals surface area (Å²) in [4.78, 5) is 13.5. The number of carbonyl (C=O) groups excluding carboxylic acids is 1. The van der Waals surface area contributed by atoms with Crippen LogP contribution in [0.3, 0.4) is 0 Å². The lowest BCUT2D eigenvalue weighted by Crippen LogP contribution is -2.38. The zero-order chi connectivity index (χ0) is 10.6. The van der Waals surface area contributed by atoms with E-state index in [2.05, 4.69) is 17.1 Å². The smallest absolute Gasteiger partial charge is 0.224 e. The van der Waals surface area contributed by atoms with Crippen molar-refractivity contribution in [1.29, 1.82) is 0 Å². The van der Waals surface area contributed by atoms with Gasteiger partial charge in [0.2, 0.25) is 5.91 Å². The molecule has 0 radical (unpaired) electrons. The highest BCUT2D eigenvalue weighted by Crippen LogP contribution is 2.28. The SMILES string of the molecule is CCNCCN1CCC(C)(C(N)=O)C1. The van der Waals surface area contributed by atoms with Crippen molar-refractivity contribution >= 4 is 5.91 Å². The van der Waals surface area contributed by atoms with Crippen molar-refractivity contribution in [1.82, 2.24) is 10.2 Å². The lowest BCUT2D eigenvalue weighted by Gasteiger charge is -2.20. The molecular weight excluding hydrogens is 178 g/mol. The number of likely N-dealkylation sites (N-methyl/N-ethyl adjacent to an activating group) is 1. The molecule has 0 aromatic rings. The highest BCUT2D eigenvalue weighted by molar-refractivity contribution is 5.81. The lowest BCUT2D eigenvalue weighted by molar-refractivity contribution is -0.126. The maximum Gasteiger partial charge on any atom is 0.224 e. The van der Waals surface area contributed by atoms with E-state index in [1.165, 1.54) is 0 Å². The highest BCUT2D eigenvalue weighted by atomic mass is 16.1. The third-order valence-electron chi connectivity index (χ3n) is 3.00. The molecule has 0 spiro atoms. The van der Waals surface area contributed by atoms with Crippen LogP contribution >= 0.6 is 0 Å². The Morgan fingerprint density at radius 1 is 1.64 bits per heavy atom. The van der Waals surface area contributed by atoms with Gasteiger partial charge in [0, 0.05) is 19.6 Å². The number of nitrogens with two attached hydrogens (primary N) is 1. The molecule has 0 bridgehead atoms. The Morgan fingerprint density at radius 3 is 2.86 bits per heavy atom. The summed E-state index contributed by atoms with van der Waals surface area (Å²) in [7, 11) is 0. The van der Waals surface area contributed by atoms with Crippen LogP contribution in [0.5, 0.6) is 0 Å². The molecule has 14 heavy (non-hydrogen) atoms. The second-order valence-electron chi connectivity index (χ2n) is 4.30. The van der Waals surface area contributed by atoms with Crippen LogP contribution in [0.2, 0.25) is 0 Å². The Kier molecular flexibility index (Phi) is 3.89. The van der Waals surface area contributed by atoms with E-state index >= 15 is 0 Å². The van der Waals surface area contributed by atoms with Crippen LogP contribution in [0.1, 0.15) is 20.3 Å². The minimum Gasteiger partial charge on any atom is -0.369 e. The van der Waals surface area contributed by atoms with Gasteiger partial charge in [-0.25, -0.2) is 0 Å². The van der Waals surface area contributed by atoms with Crippen LogP contribution < -0.4 is 11.1 Å². The van der Waals surface area contributed by atoms with Gasteiger partial charge in [0.25, 0.3) is 0 Å². The molecule has 4 heteroatoms. The summed E-state index contributed by atoms with van der Waals surface area (Å²) in [6.07, 6.45) is 0.897. The molecule has 1 unspecified atom stereocenters. The van der Waals surface area contributed by atoms with Gasteiger partial charge in [0.05, 0.1) is 5.41 Å². The third-order valence-corrected chi connectivity index (χ3v) is 3.00. The van der Waals surface area contributed by atoms with E-state index in [0.29, 0.717) is 0 Å². The lowest BCUT2D eigenvalue weighted by atomic mass is 9.89. The Hall–Kier alpha value is -0.610. The molecule has 4 nitrogen and oxygen atoms in total. The van der Waals surface area contributed by atoms with E-state index in [4.69, 9.17) is 5.73 Å². The number of rotatable bonds is 5. The average molecular weight is 199 g/mol. The number of amides is 1. The highest BCUT2D eigenvalue weighted by Gasteiger charge is 2.38. The standard InChI is InChI=1S/C10H21N3O/c1-3-12-5-7-13-6-4-10(2,8-13)9(11)14/h12H,3-8H2,1-2H3,(H2,11,14). The quantitative estimate of drug-likeness (QED) is 0.603. The zero-order valence-corrected chi connectivity index (χ0v) is 9.18. The maximum absolute atomic E-state index is 11.2. The second kappa shape index (κ2) is 4.75. The van der Waals surface area contributed by atoms with Gasteiger partial charge in [0.15, 0.2) is 0 Å². The van der Waals surface area contributed by atoms with Gasteiger partial charge >= 0.3 is 0 Å². The Morgan fingerprint density at radius 2 is 2.36 bits per heavy atom. The van der Waals surface area contributed by atoms with Crippen molar-refractivity contribution in [2.75, 3.05) is 32.7 Å². The molecule has 0 aromatic heterocycles. The maximum atomic E-state index is 11.2. The van der Waals surface area contributed by atoms with Gasteiger partial charge < -0.3 is 16.0 Å². The number of nitrogens with zero attached hydrogens (tertiary/aromatic N) is 1. The molecule has 1 fully saturated rings. The molecular formula is C10H21N3O. The first-order valence-corrected chi connectivity index (χ1v) is 5.31. The minimum atomic E-state index is -0.299. The predicted molar refractivity (Wildman–Crippen MR) is 56.9 cm³/mol. The molecule has 82 valence electrons. The summed E-state index contributed by atoms with van der Waals surface area (Å²) < 4.78 is 0. The number of primary amides is 1. The Bertz CT molecular complexity index is 208. The molecule has 1 aliphatic heterocycles. The van der Waals surface area contributed by atoms with Crippen molar-refractivity contribution in [2.24, 2.45) is 11.1 Å². The summed E-state index contributed by atoms with van der Waals surface area (Å²) in [5.74, 6) is -0.163. The number of hydrogen-bond acceptors (Lipinski definition) is 3. The summed E-state index contributed by atoms with van der Waals surface area (Å²) >= 11 is 0. The first-order chi connectivity index (χ1) is 6.58. The summed E-state index contributed by atoms with van der Waals surface area (Å²) in [6.45, 7) is 8.86. The van der Waals surface area contributed by atoms with E-state index < -0.39 is 0 Å². The molecule has 0 aliphatic carbocycles. The molecule has 0 saturated carbocycles. The molecule has 3 N–H and O–H groups in total. The van der Waals surface area contributed by atoms with Crippen LogP contribution in [-0.2, 0) is 4.79 Å². The fourth-order valence-corrected chi connectivity index (χ4v) is 1.86. The van der Waals surface area contributed by atoms with Crippen LogP contribution in [0, 0.1) is 5.41 Å². The van der Waals surface area contributed by atoms with Crippen molar-refractivity contribution in [3.8, 4) is 0 Å². The molecule has 1 aliphatic rings. The fourth-order valence-electron chi connectivity index (χ4n) is 1.86. The van der Waals surface area contributed by atoms with Crippen LogP contribution in [-0.4, -0.2) is 43.5 Å². The van der Waals surface area contributed by atoms with E-state index in [-0.39, 0.29) is 11.3 Å². The van der Waals surface area contributed by atoms with Gasteiger partial charge in [-0.2, -0.15) is 0 Å². The zero-order valence-electron chi connectivity index (χ0n) is 9.18. The van der Waals surface area contributed by atoms with Gasteiger partial charge in [-0.3, -0.25) is 4.79 Å². The van der Waals surface area contributed by atoms with Crippen molar-refractivity contribution in [3.63, 3.8) is 0 Å². The molecule has 1 saturated heterocycles. The average Bonchev–Trinajstić information content (AvgIpc) is 2.50. The Balaban J connectivity index is 2.30.